The zero-order valence-electron chi connectivity index (χ0n) is 16.6. The second-order valence-corrected chi connectivity index (χ2v) is 8.97. The smallest absolute Gasteiger partial charge is 0.315 e. The van der Waals surface area contributed by atoms with Crippen molar-refractivity contribution in [3.8, 4) is 0 Å². The van der Waals surface area contributed by atoms with Gasteiger partial charge in [-0.05, 0) is 25.7 Å². The third-order valence-corrected chi connectivity index (χ3v) is 7.64. The van der Waals surface area contributed by atoms with Gasteiger partial charge in [-0.25, -0.2) is 0 Å². The van der Waals surface area contributed by atoms with Gasteiger partial charge in [-0.3, -0.25) is 4.79 Å². The molecule has 1 aromatic rings. The van der Waals surface area contributed by atoms with Gasteiger partial charge in [0.1, 0.15) is 18.1 Å². The number of carbonyl (C=O) groups is 1. The third-order valence-electron chi connectivity index (χ3n) is 7.64. The van der Waals surface area contributed by atoms with Crippen LogP contribution in [0.15, 0.2) is 42.0 Å². The van der Waals surface area contributed by atoms with Gasteiger partial charge in [0, 0.05) is 23.3 Å². The number of fused-ring (bicyclic) bond motifs is 2. The van der Waals surface area contributed by atoms with E-state index in [-0.39, 0.29) is 35.4 Å². The van der Waals surface area contributed by atoms with Crippen molar-refractivity contribution in [1.82, 2.24) is 0 Å². The van der Waals surface area contributed by atoms with E-state index in [2.05, 4.69) is 44.3 Å². The number of nitrogens with two attached hydrogens (primary N) is 1. The summed E-state index contributed by atoms with van der Waals surface area (Å²) in [7, 11) is 0. The van der Waals surface area contributed by atoms with Crippen LogP contribution in [0.1, 0.15) is 51.6 Å². The Morgan fingerprint density at radius 3 is 2.81 bits per heavy atom. The van der Waals surface area contributed by atoms with Crippen LogP contribution >= 0.6 is 0 Å². The monoisotopic (exact) mass is 370 g/mol. The summed E-state index contributed by atoms with van der Waals surface area (Å²) in [5.41, 5.74) is 2.32. The maximum Gasteiger partial charge on any atom is 0.315 e. The van der Waals surface area contributed by atoms with E-state index in [1.54, 1.807) is 0 Å². The van der Waals surface area contributed by atoms with E-state index in [4.69, 9.17) is 4.74 Å². The molecule has 2 fully saturated rings. The summed E-state index contributed by atoms with van der Waals surface area (Å²) in [6.07, 6.45) is 4.56. The highest BCUT2D eigenvalue weighted by molar-refractivity contribution is 5.76. The molecule has 0 amide bonds. The van der Waals surface area contributed by atoms with Crippen molar-refractivity contribution >= 4 is 5.97 Å². The normalized spacial score (nSPS) is 39.2. The first-order chi connectivity index (χ1) is 12.9. The number of carbonyl (C=O) groups excluding carboxylic acids is 1. The average Bonchev–Trinajstić information content (AvgIpc) is 2.98. The highest BCUT2D eigenvalue weighted by Gasteiger charge is 2.60. The van der Waals surface area contributed by atoms with E-state index in [1.807, 2.05) is 18.2 Å². The molecule has 7 atom stereocenters. The quantitative estimate of drug-likeness (QED) is 0.633. The van der Waals surface area contributed by atoms with Gasteiger partial charge in [0.25, 0.3) is 0 Å². The molecule has 146 valence electrons. The van der Waals surface area contributed by atoms with Crippen LogP contribution in [-0.2, 0) is 9.53 Å². The van der Waals surface area contributed by atoms with Crippen LogP contribution < -0.4 is 5.32 Å². The van der Waals surface area contributed by atoms with E-state index in [0.717, 1.165) is 19.3 Å². The van der Waals surface area contributed by atoms with Crippen molar-refractivity contribution in [3.05, 3.63) is 47.5 Å². The van der Waals surface area contributed by atoms with Crippen LogP contribution in [0.25, 0.3) is 0 Å². The molecule has 1 aliphatic heterocycles. The molecule has 0 spiro atoms. The van der Waals surface area contributed by atoms with E-state index in [9.17, 15) is 9.90 Å². The lowest BCUT2D eigenvalue weighted by Gasteiger charge is -2.51. The van der Waals surface area contributed by atoms with Gasteiger partial charge in [0.15, 0.2) is 0 Å². The number of hydrogen-bond acceptors (Lipinski definition) is 3. The molecule has 0 radical (unpaired) electrons. The third kappa shape index (κ3) is 3.03. The molecule has 1 heterocycles. The Bertz CT molecular complexity index is 730. The van der Waals surface area contributed by atoms with Gasteiger partial charge >= 0.3 is 5.97 Å². The zero-order valence-corrected chi connectivity index (χ0v) is 16.6. The van der Waals surface area contributed by atoms with Crippen molar-refractivity contribution in [3.63, 3.8) is 0 Å². The minimum atomic E-state index is -0.519. The molecule has 1 saturated heterocycles. The van der Waals surface area contributed by atoms with Gasteiger partial charge < -0.3 is 15.2 Å². The molecule has 0 unspecified atom stereocenters. The molecule has 0 bridgehead atoms. The van der Waals surface area contributed by atoms with E-state index >= 15 is 0 Å². The molecule has 4 heteroatoms. The zero-order chi connectivity index (χ0) is 19.2. The average molecular weight is 371 g/mol. The van der Waals surface area contributed by atoms with Crippen LogP contribution in [0.4, 0.5) is 0 Å². The lowest BCUT2D eigenvalue weighted by atomic mass is 9.55. The lowest BCUT2D eigenvalue weighted by Crippen LogP contribution is -2.86. The highest BCUT2D eigenvalue weighted by Crippen LogP contribution is 2.55. The SMILES string of the molecule is C[C@H]([NH2+]C[C@H]1C(=O)O[C@@H]2CC3=CCC[C@H](C)[C@@]3(C)[C@@H](O)[C@@H]21)c1ccccc1. The van der Waals surface area contributed by atoms with Crippen LogP contribution in [-0.4, -0.2) is 29.8 Å². The number of hydrogen-bond donors (Lipinski definition) is 2. The summed E-state index contributed by atoms with van der Waals surface area (Å²) in [6, 6.07) is 10.6. The van der Waals surface area contributed by atoms with Crippen molar-refractivity contribution in [2.45, 2.75) is 58.3 Å². The highest BCUT2D eigenvalue weighted by atomic mass is 16.6. The van der Waals surface area contributed by atoms with Gasteiger partial charge in [-0.1, -0.05) is 55.8 Å². The number of rotatable bonds is 4. The Morgan fingerprint density at radius 1 is 1.33 bits per heavy atom. The molecule has 27 heavy (non-hydrogen) atoms. The summed E-state index contributed by atoms with van der Waals surface area (Å²) in [4.78, 5) is 12.7. The molecular weight excluding hydrogens is 338 g/mol. The lowest BCUT2D eigenvalue weighted by molar-refractivity contribution is -0.697. The fourth-order valence-electron chi connectivity index (χ4n) is 5.57. The number of aliphatic hydroxyl groups is 1. The Labute approximate surface area is 162 Å². The Morgan fingerprint density at radius 2 is 2.07 bits per heavy atom. The predicted octanol–water partition coefficient (Wildman–Crippen LogP) is 2.60. The van der Waals surface area contributed by atoms with E-state index in [0.29, 0.717) is 12.5 Å². The van der Waals surface area contributed by atoms with Crippen molar-refractivity contribution in [2.75, 3.05) is 6.54 Å². The van der Waals surface area contributed by atoms with Gasteiger partial charge in [0.05, 0.1) is 12.6 Å². The Hall–Kier alpha value is -1.65. The Balaban J connectivity index is 1.52. The minimum absolute atomic E-state index is 0.0978. The fourth-order valence-corrected chi connectivity index (χ4v) is 5.57. The molecule has 1 aromatic carbocycles. The first kappa shape index (κ1) is 18.7. The fraction of sp³-hybridized carbons (Fsp3) is 0.609. The summed E-state index contributed by atoms with van der Waals surface area (Å²) in [6.45, 7) is 7.26. The van der Waals surface area contributed by atoms with Gasteiger partial charge in [0.2, 0.25) is 0 Å². The number of benzene rings is 1. The molecule has 0 aromatic heterocycles. The first-order valence-electron chi connectivity index (χ1n) is 10.4. The molecular formula is C23H32NO3+. The maximum atomic E-state index is 12.7. The molecule has 4 rings (SSSR count). The predicted molar refractivity (Wildman–Crippen MR) is 104 cm³/mol. The topological polar surface area (TPSA) is 63.1 Å². The number of allylic oxidation sites excluding steroid dienone is 1. The number of quaternary nitrogens is 1. The summed E-state index contributed by atoms with van der Waals surface area (Å²) in [5, 5.41) is 13.6. The summed E-state index contributed by atoms with van der Waals surface area (Å²) in [5.74, 6) is -0.0313. The van der Waals surface area contributed by atoms with Crippen molar-refractivity contribution in [1.29, 1.82) is 0 Å². The minimum Gasteiger partial charge on any atom is -0.461 e. The molecule has 1 saturated carbocycles. The molecule has 2 aliphatic carbocycles. The standard InChI is InChI=1S/C23H31NO3/c1-14-8-7-11-17-12-19-20(21(25)23(14,17)3)18(22(26)27-19)13-24-15(2)16-9-5-4-6-10-16/h4-6,9-11,14-15,18-21,24-25H,7-8,12-13H2,1-3H3/p+1/t14-,15-,18+,19+,20+,21-,23+/m0/s1. The number of aliphatic hydroxyl groups excluding tert-OH is 1. The second-order valence-electron chi connectivity index (χ2n) is 8.97. The van der Waals surface area contributed by atoms with E-state index in [1.165, 1.54) is 11.1 Å². The maximum absolute atomic E-state index is 12.7. The van der Waals surface area contributed by atoms with E-state index < -0.39 is 6.10 Å². The van der Waals surface area contributed by atoms with Crippen molar-refractivity contribution < 1.29 is 20.0 Å². The summed E-state index contributed by atoms with van der Waals surface area (Å²) >= 11 is 0. The van der Waals surface area contributed by atoms with Crippen molar-refractivity contribution in [2.24, 2.45) is 23.2 Å². The molecule has 3 aliphatic rings. The van der Waals surface area contributed by atoms with Crippen LogP contribution in [0.3, 0.4) is 0 Å². The second kappa shape index (κ2) is 7.06. The number of ether oxygens (including phenoxy) is 1. The number of esters is 1. The van der Waals surface area contributed by atoms with Crippen LogP contribution in [0, 0.1) is 23.2 Å². The summed E-state index contributed by atoms with van der Waals surface area (Å²) < 4.78 is 5.76. The van der Waals surface area contributed by atoms with Crippen LogP contribution in [0.5, 0.6) is 0 Å². The Kier molecular flexibility index (Phi) is 4.89. The van der Waals surface area contributed by atoms with Crippen LogP contribution in [0.2, 0.25) is 0 Å². The first-order valence-corrected chi connectivity index (χ1v) is 10.4. The van der Waals surface area contributed by atoms with Gasteiger partial charge in [-0.15, -0.1) is 0 Å². The largest absolute Gasteiger partial charge is 0.461 e. The van der Waals surface area contributed by atoms with Gasteiger partial charge in [-0.2, -0.15) is 0 Å². The molecule has 3 N–H and O–H groups in total. The molecule has 4 nitrogen and oxygen atoms in total.